The third-order valence-corrected chi connectivity index (χ3v) is 3.61. The Labute approximate surface area is 121 Å². The summed E-state index contributed by atoms with van der Waals surface area (Å²) in [6.07, 6.45) is 1.45. The molecule has 4 nitrogen and oxygen atoms in total. The number of halogens is 2. The molecule has 6 heteroatoms. The van der Waals surface area contributed by atoms with Crippen molar-refractivity contribution in [1.29, 1.82) is 0 Å². The van der Waals surface area contributed by atoms with Crippen molar-refractivity contribution in [2.75, 3.05) is 17.7 Å². The number of nitrogens with zero attached hydrogens (tertiary/aromatic N) is 1. The lowest BCUT2D eigenvalue weighted by Crippen LogP contribution is -2.26. The molecule has 0 aliphatic carbocycles. The number of rotatable bonds is 2. The van der Waals surface area contributed by atoms with Crippen molar-refractivity contribution >= 4 is 49.1 Å². The molecular formula is C12H10Br2N2O2. The first-order valence-corrected chi connectivity index (χ1v) is 6.65. The normalized spacial score (nSPS) is 10.4. The average Bonchev–Trinajstić information content (AvgIpc) is 2.74. The minimum absolute atomic E-state index is 0.190. The minimum Gasteiger partial charge on any atom is -0.457 e. The van der Waals surface area contributed by atoms with E-state index in [1.807, 2.05) is 6.07 Å². The van der Waals surface area contributed by atoms with Crippen molar-refractivity contribution in [3.8, 4) is 0 Å². The Balaban J connectivity index is 2.34. The Hall–Kier alpha value is -1.27. The van der Waals surface area contributed by atoms with Gasteiger partial charge in [-0.15, -0.1) is 0 Å². The second kappa shape index (κ2) is 5.16. The molecule has 0 aliphatic heterocycles. The zero-order chi connectivity index (χ0) is 13.3. The van der Waals surface area contributed by atoms with Gasteiger partial charge in [-0.1, -0.05) is 15.9 Å². The molecule has 0 fully saturated rings. The van der Waals surface area contributed by atoms with Crippen LogP contribution in [-0.2, 0) is 0 Å². The first kappa shape index (κ1) is 13.2. The summed E-state index contributed by atoms with van der Waals surface area (Å²) in [6.45, 7) is 0. The highest BCUT2D eigenvalue weighted by Crippen LogP contribution is 2.28. The quantitative estimate of drug-likeness (QED) is 0.817. The lowest BCUT2D eigenvalue weighted by molar-refractivity contribution is 0.0991. The zero-order valence-electron chi connectivity index (χ0n) is 9.48. The maximum absolute atomic E-state index is 12.2. The van der Waals surface area contributed by atoms with Gasteiger partial charge in [-0.2, -0.15) is 0 Å². The zero-order valence-corrected chi connectivity index (χ0v) is 12.7. The number of carbonyl (C=O) groups excluding carboxylic acids is 1. The monoisotopic (exact) mass is 372 g/mol. The van der Waals surface area contributed by atoms with Gasteiger partial charge >= 0.3 is 0 Å². The molecule has 1 aromatic carbocycles. The van der Waals surface area contributed by atoms with E-state index in [9.17, 15) is 4.79 Å². The predicted octanol–water partition coefficient (Wildman–Crippen LogP) is 3.66. The second-order valence-corrected chi connectivity index (χ2v) is 5.31. The molecule has 0 atom stereocenters. The first-order chi connectivity index (χ1) is 8.50. The molecule has 0 unspecified atom stereocenters. The molecule has 2 N–H and O–H groups in total. The maximum Gasteiger partial charge on any atom is 0.262 e. The van der Waals surface area contributed by atoms with Gasteiger partial charge in [0, 0.05) is 11.5 Å². The fraction of sp³-hybridized carbons (Fsp3) is 0.0833. The molecule has 0 spiro atoms. The van der Waals surface area contributed by atoms with Gasteiger partial charge in [0.2, 0.25) is 0 Å². The van der Waals surface area contributed by atoms with E-state index in [-0.39, 0.29) is 5.91 Å². The summed E-state index contributed by atoms with van der Waals surface area (Å²) in [4.78, 5) is 13.7. The van der Waals surface area contributed by atoms with Crippen molar-refractivity contribution in [2.45, 2.75) is 0 Å². The van der Waals surface area contributed by atoms with Crippen LogP contribution in [0.2, 0.25) is 0 Å². The summed E-state index contributed by atoms with van der Waals surface area (Å²) in [7, 11) is 1.67. The number of hydrogen-bond donors (Lipinski definition) is 1. The molecule has 0 bridgehead atoms. The molecule has 18 heavy (non-hydrogen) atoms. The summed E-state index contributed by atoms with van der Waals surface area (Å²) in [5.41, 5.74) is 7.53. The smallest absolute Gasteiger partial charge is 0.262 e. The van der Waals surface area contributed by atoms with E-state index >= 15 is 0 Å². The van der Waals surface area contributed by atoms with Crippen LogP contribution in [0.4, 0.5) is 11.4 Å². The summed E-state index contributed by atoms with van der Waals surface area (Å²) < 4.78 is 6.33. The van der Waals surface area contributed by atoms with Crippen molar-refractivity contribution in [1.82, 2.24) is 0 Å². The molecule has 1 heterocycles. The number of nitrogen functional groups attached to an aromatic ring is 1. The highest BCUT2D eigenvalue weighted by Gasteiger charge is 2.19. The van der Waals surface area contributed by atoms with Crippen molar-refractivity contribution in [3.63, 3.8) is 0 Å². The van der Waals surface area contributed by atoms with Crippen LogP contribution >= 0.6 is 31.9 Å². The number of benzene rings is 1. The third-order valence-electron chi connectivity index (χ3n) is 2.50. The Morgan fingerprint density at radius 3 is 2.61 bits per heavy atom. The van der Waals surface area contributed by atoms with Crippen molar-refractivity contribution in [2.24, 2.45) is 0 Å². The average molecular weight is 374 g/mol. The van der Waals surface area contributed by atoms with Crippen molar-refractivity contribution < 1.29 is 9.21 Å². The summed E-state index contributed by atoms with van der Waals surface area (Å²) in [5, 5.41) is 0. The number of amides is 1. The third kappa shape index (κ3) is 2.44. The van der Waals surface area contributed by atoms with E-state index in [0.29, 0.717) is 21.6 Å². The predicted molar refractivity (Wildman–Crippen MR) is 77.7 cm³/mol. The molecule has 0 aliphatic rings. The molecule has 0 saturated carbocycles. The van der Waals surface area contributed by atoms with Crippen LogP contribution in [0.15, 0.2) is 44.1 Å². The molecular weight excluding hydrogens is 364 g/mol. The number of anilines is 2. The van der Waals surface area contributed by atoms with Gasteiger partial charge in [0.1, 0.15) is 0 Å². The van der Waals surface area contributed by atoms with Crippen LogP contribution in [0.3, 0.4) is 0 Å². The SMILES string of the molecule is CN(C(=O)c1ccoc1Br)c1ccc(Br)cc1N. The standard InChI is InChI=1S/C12H10Br2N2O2/c1-16(10-3-2-7(13)6-9(10)15)12(17)8-4-5-18-11(8)14/h2-6H,15H2,1H3. The lowest BCUT2D eigenvalue weighted by Gasteiger charge is -2.18. The van der Waals surface area contributed by atoms with E-state index in [2.05, 4.69) is 31.9 Å². The lowest BCUT2D eigenvalue weighted by atomic mass is 10.2. The van der Waals surface area contributed by atoms with Crippen LogP contribution in [-0.4, -0.2) is 13.0 Å². The van der Waals surface area contributed by atoms with Crippen LogP contribution < -0.4 is 10.6 Å². The van der Waals surface area contributed by atoms with Crippen LogP contribution in [0.1, 0.15) is 10.4 Å². The topological polar surface area (TPSA) is 59.5 Å². The first-order valence-electron chi connectivity index (χ1n) is 5.07. The molecule has 94 valence electrons. The van der Waals surface area contributed by atoms with E-state index in [4.69, 9.17) is 10.2 Å². The fourth-order valence-electron chi connectivity index (χ4n) is 1.57. The van der Waals surface area contributed by atoms with Gasteiger partial charge in [-0.05, 0) is 40.2 Å². The largest absolute Gasteiger partial charge is 0.457 e. The van der Waals surface area contributed by atoms with Gasteiger partial charge in [-0.3, -0.25) is 4.79 Å². The summed E-state index contributed by atoms with van der Waals surface area (Å²) in [5.74, 6) is -0.190. The Morgan fingerprint density at radius 2 is 2.06 bits per heavy atom. The van der Waals surface area contributed by atoms with E-state index in [1.54, 1.807) is 25.2 Å². The Kier molecular flexibility index (Phi) is 3.77. The van der Waals surface area contributed by atoms with Crippen molar-refractivity contribution in [3.05, 3.63) is 45.2 Å². The van der Waals surface area contributed by atoms with Crippen LogP contribution in [0.5, 0.6) is 0 Å². The summed E-state index contributed by atoms with van der Waals surface area (Å²) >= 11 is 6.51. The van der Waals surface area contributed by atoms with E-state index in [1.165, 1.54) is 11.2 Å². The maximum atomic E-state index is 12.2. The molecule has 0 radical (unpaired) electrons. The molecule has 1 aromatic heterocycles. The van der Waals surface area contributed by atoms with Crippen LogP contribution in [0, 0.1) is 0 Å². The number of hydrogen-bond acceptors (Lipinski definition) is 3. The Bertz CT molecular complexity index is 596. The highest BCUT2D eigenvalue weighted by atomic mass is 79.9. The van der Waals surface area contributed by atoms with Gasteiger partial charge in [0.25, 0.3) is 5.91 Å². The van der Waals surface area contributed by atoms with Gasteiger partial charge in [0.05, 0.1) is 23.2 Å². The minimum atomic E-state index is -0.190. The van der Waals surface area contributed by atoms with Crippen LogP contribution in [0.25, 0.3) is 0 Å². The molecule has 2 rings (SSSR count). The summed E-state index contributed by atoms with van der Waals surface area (Å²) in [6, 6.07) is 6.98. The fourth-order valence-corrected chi connectivity index (χ4v) is 2.36. The highest BCUT2D eigenvalue weighted by molar-refractivity contribution is 9.10. The second-order valence-electron chi connectivity index (χ2n) is 3.68. The Morgan fingerprint density at radius 1 is 1.33 bits per heavy atom. The van der Waals surface area contributed by atoms with E-state index < -0.39 is 0 Å². The van der Waals surface area contributed by atoms with E-state index in [0.717, 1.165) is 4.47 Å². The van der Waals surface area contributed by atoms with Gasteiger partial charge in [0.15, 0.2) is 4.67 Å². The number of carbonyl (C=O) groups is 1. The number of nitrogens with two attached hydrogens (primary N) is 1. The molecule has 1 amide bonds. The number of furan rings is 1. The molecule has 0 saturated heterocycles. The van der Waals surface area contributed by atoms with Gasteiger partial charge in [-0.25, -0.2) is 0 Å². The molecule has 2 aromatic rings. The van der Waals surface area contributed by atoms with Gasteiger partial charge < -0.3 is 15.1 Å².